The highest BCUT2D eigenvalue weighted by Crippen LogP contribution is 2.15. The maximum absolute atomic E-state index is 13.5. The molecule has 5 nitrogen and oxygen atoms in total. The Morgan fingerprint density at radius 2 is 2.27 bits per heavy atom. The number of hydrogen-bond donors (Lipinski definition) is 2. The Kier molecular flexibility index (Phi) is 3.54. The fourth-order valence-corrected chi connectivity index (χ4v) is 1.11. The van der Waals surface area contributed by atoms with Gasteiger partial charge < -0.3 is 10.6 Å². The van der Waals surface area contributed by atoms with E-state index in [1.54, 1.807) is 18.9 Å². The zero-order valence-corrected chi connectivity index (χ0v) is 8.79. The average Bonchev–Trinajstić information content (AvgIpc) is 2.18. The van der Waals surface area contributed by atoms with Gasteiger partial charge in [0, 0.05) is 20.0 Å². The maximum atomic E-state index is 13.5. The molecule has 0 saturated heterocycles. The van der Waals surface area contributed by atoms with E-state index in [0.717, 1.165) is 0 Å². The summed E-state index contributed by atoms with van der Waals surface area (Å²) in [6.07, 6.45) is 1.71. The normalized spacial score (nSPS) is 10.1. The van der Waals surface area contributed by atoms with E-state index in [4.69, 9.17) is 11.1 Å². The summed E-state index contributed by atoms with van der Waals surface area (Å²) in [5.74, 6) is -0.111. The van der Waals surface area contributed by atoms with E-state index in [9.17, 15) is 4.39 Å². The number of rotatable bonds is 4. The van der Waals surface area contributed by atoms with Crippen LogP contribution in [0.5, 0.6) is 0 Å². The molecule has 1 aromatic heterocycles. The number of halogens is 1. The van der Waals surface area contributed by atoms with E-state index in [1.165, 1.54) is 6.33 Å². The van der Waals surface area contributed by atoms with Gasteiger partial charge in [0.25, 0.3) is 0 Å². The van der Waals surface area contributed by atoms with Crippen LogP contribution in [0.3, 0.4) is 0 Å². The predicted molar refractivity (Wildman–Crippen MR) is 56.5 cm³/mol. The van der Waals surface area contributed by atoms with Crippen LogP contribution in [0, 0.1) is 18.2 Å². The minimum Gasteiger partial charge on any atom is -0.388 e. The average molecular weight is 211 g/mol. The van der Waals surface area contributed by atoms with Crippen molar-refractivity contribution < 1.29 is 4.39 Å². The molecular formula is C9H14FN5. The van der Waals surface area contributed by atoms with Crippen LogP contribution in [0.2, 0.25) is 0 Å². The second-order valence-electron chi connectivity index (χ2n) is 3.29. The molecule has 0 aromatic carbocycles. The molecule has 0 fully saturated rings. The molecule has 0 unspecified atom stereocenters. The molecule has 3 N–H and O–H groups in total. The zero-order valence-electron chi connectivity index (χ0n) is 8.79. The van der Waals surface area contributed by atoms with Crippen molar-refractivity contribution in [2.24, 2.45) is 5.73 Å². The molecule has 0 bridgehead atoms. The van der Waals surface area contributed by atoms with E-state index < -0.39 is 5.82 Å². The minimum absolute atomic E-state index is 0.0769. The van der Waals surface area contributed by atoms with Crippen molar-refractivity contribution in [2.45, 2.75) is 13.3 Å². The molecule has 0 atom stereocenters. The molecule has 0 saturated carbocycles. The first-order valence-electron chi connectivity index (χ1n) is 4.53. The maximum Gasteiger partial charge on any atom is 0.186 e. The second-order valence-corrected chi connectivity index (χ2v) is 3.29. The Bertz CT molecular complexity index is 366. The zero-order chi connectivity index (χ0) is 11.4. The van der Waals surface area contributed by atoms with E-state index >= 15 is 0 Å². The smallest absolute Gasteiger partial charge is 0.186 e. The van der Waals surface area contributed by atoms with Gasteiger partial charge in [-0.05, 0) is 6.92 Å². The highest BCUT2D eigenvalue weighted by Gasteiger charge is 2.11. The standard InChI is InChI=1S/C9H14FN5/c1-6-8(10)9(14-5-13-6)15(2)4-3-7(11)12/h5H,3-4H2,1-2H3,(H3,11,12). The summed E-state index contributed by atoms with van der Waals surface area (Å²) >= 11 is 0. The number of nitrogens with one attached hydrogen (secondary N) is 1. The van der Waals surface area contributed by atoms with Gasteiger partial charge in [-0.3, -0.25) is 5.41 Å². The van der Waals surface area contributed by atoms with E-state index in [1.807, 2.05) is 0 Å². The Balaban J connectivity index is 2.77. The van der Waals surface area contributed by atoms with Crippen molar-refractivity contribution in [1.82, 2.24) is 9.97 Å². The van der Waals surface area contributed by atoms with Crippen LogP contribution in [0.1, 0.15) is 12.1 Å². The van der Waals surface area contributed by atoms with E-state index in [-0.39, 0.29) is 11.7 Å². The van der Waals surface area contributed by atoms with Crippen LogP contribution in [0.15, 0.2) is 6.33 Å². The number of aryl methyl sites for hydroxylation is 1. The Hall–Kier alpha value is -1.72. The lowest BCUT2D eigenvalue weighted by molar-refractivity contribution is 0.596. The first-order chi connectivity index (χ1) is 7.02. The SMILES string of the molecule is Cc1ncnc(N(C)CCC(=N)N)c1F. The molecule has 1 aromatic rings. The fourth-order valence-electron chi connectivity index (χ4n) is 1.11. The number of hydrogen-bond acceptors (Lipinski definition) is 4. The van der Waals surface area contributed by atoms with Crippen LogP contribution in [0.4, 0.5) is 10.2 Å². The van der Waals surface area contributed by atoms with Gasteiger partial charge in [-0.15, -0.1) is 0 Å². The van der Waals surface area contributed by atoms with Crippen LogP contribution < -0.4 is 10.6 Å². The predicted octanol–water partition coefficient (Wildman–Crippen LogP) is 0.686. The summed E-state index contributed by atoms with van der Waals surface area (Å²) in [6, 6.07) is 0. The Labute approximate surface area is 87.6 Å². The molecule has 0 aliphatic rings. The van der Waals surface area contributed by atoms with Gasteiger partial charge in [-0.2, -0.15) is 0 Å². The molecule has 1 heterocycles. The Morgan fingerprint density at radius 1 is 1.60 bits per heavy atom. The number of nitrogens with zero attached hydrogens (tertiary/aromatic N) is 3. The molecule has 0 aliphatic carbocycles. The first-order valence-corrected chi connectivity index (χ1v) is 4.53. The summed E-state index contributed by atoms with van der Waals surface area (Å²) in [6.45, 7) is 2.04. The fraction of sp³-hybridized carbons (Fsp3) is 0.444. The highest BCUT2D eigenvalue weighted by atomic mass is 19.1. The molecule has 0 spiro atoms. The minimum atomic E-state index is -0.427. The van der Waals surface area contributed by atoms with Gasteiger partial charge >= 0.3 is 0 Å². The molecule has 15 heavy (non-hydrogen) atoms. The first kappa shape index (κ1) is 11.4. The van der Waals surface area contributed by atoms with Crippen LogP contribution in [-0.4, -0.2) is 29.4 Å². The topological polar surface area (TPSA) is 78.9 Å². The van der Waals surface area contributed by atoms with E-state index in [2.05, 4.69) is 9.97 Å². The molecule has 0 amide bonds. The third kappa shape index (κ3) is 2.87. The van der Waals surface area contributed by atoms with Crippen LogP contribution in [-0.2, 0) is 0 Å². The monoisotopic (exact) mass is 211 g/mol. The lowest BCUT2D eigenvalue weighted by Crippen LogP contribution is -2.25. The van der Waals surface area contributed by atoms with Gasteiger partial charge in [0.05, 0.1) is 11.5 Å². The van der Waals surface area contributed by atoms with Gasteiger partial charge in [-0.1, -0.05) is 0 Å². The van der Waals surface area contributed by atoms with Crippen molar-refractivity contribution in [3.63, 3.8) is 0 Å². The van der Waals surface area contributed by atoms with Crippen molar-refractivity contribution in [2.75, 3.05) is 18.5 Å². The van der Waals surface area contributed by atoms with Crippen molar-refractivity contribution in [1.29, 1.82) is 5.41 Å². The van der Waals surface area contributed by atoms with Crippen LogP contribution in [0.25, 0.3) is 0 Å². The quantitative estimate of drug-likeness (QED) is 0.567. The molecule has 82 valence electrons. The molecule has 6 heteroatoms. The second kappa shape index (κ2) is 4.68. The molecule has 0 radical (unpaired) electrons. The van der Waals surface area contributed by atoms with Gasteiger partial charge in [-0.25, -0.2) is 14.4 Å². The number of anilines is 1. The molecule has 0 aliphatic heterocycles. The van der Waals surface area contributed by atoms with Crippen molar-refractivity contribution in [3.05, 3.63) is 17.8 Å². The van der Waals surface area contributed by atoms with Gasteiger partial charge in [0.2, 0.25) is 0 Å². The summed E-state index contributed by atoms with van der Waals surface area (Å²) in [5, 5.41) is 7.07. The number of aromatic nitrogens is 2. The van der Waals surface area contributed by atoms with Gasteiger partial charge in [0.15, 0.2) is 11.6 Å². The molecule has 1 rings (SSSR count). The van der Waals surface area contributed by atoms with Crippen molar-refractivity contribution >= 4 is 11.7 Å². The van der Waals surface area contributed by atoms with Crippen LogP contribution >= 0.6 is 0 Å². The van der Waals surface area contributed by atoms with Gasteiger partial charge in [0.1, 0.15) is 6.33 Å². The summed E-state index contributed by atoms with van der Waals surface area (Å²) in [5.41, 5.74) is 5.53. The summed E-state index contributed by atoms with van der Waals surface area (Å²) in [7, 11) is 1.70. The summed E-state index contributed by atoms with van der Waals surface area (Å²) in [4.78, 5) is 9.20. The number of nitrogens with two attached hydrogens (primary N) is 1. The largest absolute Gasteiger partial charge is 0.388 e. The van der Waals surface area contributed by atoms with E-state index in [0.29, 0.717) is 18.7 Å². The highest BCUT2D eigenvalue weighted by molar-refractivity contribution is 5.77. The van der Waals surface area contributed by atoms with Crippen molar-refractivity contribution in [3.8, 4) is 0 Å². The molecular weight excluding hydrogens is 197 g/mol. The third-order valence-corrected chi connectivity index (χ3v) is 2.02. The Morgan fingerprint density at radius 3 is 2.87 bits per heavy atom. The number of amidine groups is 1. The summed E-state index contributed by atoms with van der Waals surface area (Å²) < 4.78 is 13.5. The third-order valence-electron chi connectivity index (χ3n) is 2.02. The lowest BCUT2D eigenvalue weighted by atomic mass is 10.3. The lowest BCUT2D eigenvalue weighted by Gasteiger charge is -2.18.